The number of pyridine rings is 1. The standard InChI is InChI=1S/C22H26N4O4/c1-27-18-9-8-16(19(28-2)20(18)29-3)13-26-11-5-7-17(14-26)22-25-24-21(30-22)15-6-4-10-23-12-15/h4,6,8-10,12,17H,5,7,11,13-14H2,1-3H3. The monoisotopic (exact) mass is 410 g/mol. The van der Waals surface area contributed by atoms with Gasteiger partial charge in [-0.25, -0.2) is 0 Å². The molecule has 0 radical (unpaired) electrons. The summed E-state index contributed by atoms with van der Waals surface area (Å²) in [5.41, 5.74) is 1.89. The molecule has 1 aliphatic rings. The van der Waals surface area contributed by atoms with Gasteiger partial charge in [0.25, 0.3) is 0 Å². The lowest BCUT2D eigenvalue weighted by Crippen LogP contribution is -2.34. The second-order valence-corrected chi connectivity index (χ2v) is 7.25. The predicted octanol–water partition coefficient (Wildman–Crippen LogP) is 3.54. The number of aromatic nitrogens is 3. The van der Waals surface area contributed by atoms with Crippen LogP contribution in [0.15, 0.2) is 41.1 Å². The number of methoxy groups -OCH3 is 3. The molecule has 0 bridgehead atoms. The maximum atomic E-state index is 5.97. The maximum absolute atomic E-state index is 5.97. The summed E-state index contributed by atoms with van der Waals surface area (Å²) in [7, 11) is 4.89. The van der Waals surface area contributed by atoms with Gasteiger partial charge in [-0.1, -0.05) is 6.07 Å². The van der Waals surface area contributed by atoms with E-state index in [9.17, 15) is 0 Å². The molecule has 8 nitrogen and oxygen atoms in total. The van der Waals surface area contributed by atoms with Crippen LogP contribution in [0.4, 0.5) is 0 Å². The van der Waals surface area contributed by atoms with Gasteiger partial charge in [0.15, 0.2) is 11.5 Å². The zero-order chi connectivity index (χ0) is 20.9. The molecule has 2 aromatic heterocycles. The van der Waals surface area contributed by atoms with Crippen LogP contribution in [-0.2, 0) is 6.54 Å². The molecule has 0 spiro atoms. The molecule has 1 unspecified atom stereocenters. The van der Waals surface area contributed by atoms with Crippen molar-refractivity contribution in [2.75, 3.05) is 34.4 Å². The van der Waals surface area contributed by atoms with Crippen LogP contribution in [0, 0.1) is 0 Å². The van der Waals surface area contributed by atoms with Crippen molar-refractivity contribution in [1.82, 2.24) is 20.1 Å². The van der Waals surface area contributed by atoms with Crippen molar-refractivity contribution in [2.24, 2.45) is 0 Å². The van der Waals surface area contributed by atoms with Crippen LogP contribution in [0.1, 0.15) is 30.2 Å². The smallest absolute Gasteiger partial charge is 0.249 e. The van der Waals surface area contributed by atoms with E-state index in [1.54, 1.807) is 33.7 Å². The number of hydrogen-bond acceptors (Lipinski definition) is 8. The van der Waals surface area contributed by atoms with Crippen LogP contribution in [-0.4, -0.2) is 54.5 Å². The van der Waals surface area contributed by atoms with Gasteiger partial charge in [0.1, 0.15) is 0 Å². The minimum absolute atomic E-state index is 0.197. The van der Waals surface area contributed by atoms with Crippen molar-refractivity contribution in [3.8, 4) is 28.7 Å². The number of benzene rings is 1. The van der Waals surface area contributed by atoms with Crippen LogP contribution in [0.25, 0.3) is 11.5 Å². The van der Waals surface area contributed by atoms with Crippen molar-refractivity contribution >= 4 is 0 Å². The lowest BCUT2D eigenvalue weighted by molar-refractivity contribution is 0.184. The van der Waals surface area contributed by atoms with Gasteiger partial charge in [-0.05, 0) is 37.6 Å². The van der Waals surface area contributed by atoms with Crippen LogP contribution in [0.5, 0.6) is 17.2 Å². The second-order valence-electron chi connectivity index (χ2n) is 7.25. The molecule has 1 aliphatic heterocycles. The van der Waals surface area contributed by atoms with E-state index >= 15 is 0 Å². The number of nitrogens with zero attached hydrogens (tertiary/aromatic N) is 4. The zero-order valence-corrected chi connectivity index (χ0v) is 17.5. The van der Waals surface area contributed by atoms with Crippen LogP contribution in [0.2, 0.25) is 0 Å². The number of piperidine rings is 1. The molecule has 4 rings (SSSR count). The van der Waals surface area contributed by atoms with Crippen molar-refractivity contribution < 1.29 is 18.6 Å². The van der Waals surface area contributed by atoms with Gasteiger partial charge in [-0.15, -0.1) is 10.2 Å². The maximum Gasteiger partial charge on any atom is 0.249 e. The molecule has 158 valence electrons. The molecule has 0 N–H and O–H groups in total. The summed E-state index contributed by atoms with van der Waals surface area (Å²) in [5, 5.41) is 8.52. The fourth-order valence-corrected chi connectivity index (χ4v) is 3.93. The lowest BCUT2D eigenvalue weighted by Gasteiger charge is -2.31. The molecule has 3 heterocycles. The minimum Gasteiger partial charge on any atom is -0.493 e. The Hall–Kier alpha value is -3.13. The second kappa shape index (κ2) is 9.13. The largest absolute Gasteiger partial charge is 0.493 e. The fourth-order valence-electron chi connectivity index (χ4n) is 3.93. The highest BCUT2D eigenvalue weighted by Gasteiger charge is 2.27. The van der Waals surface area contributed by atoms with Gasteiger partial charge in [-0.2, -0.15) is 0 Å². The van der Waals surface area contributed by atoms with Crippen LogP contribution >= 0.6 is 0 Å². The summed E-state index contributed by atoms with van der Waals surface area (Å²) in [4.78, 5) is 6.50. The molecule has 0 aliphatic carbocycles. The van der Waals surface area contributed by atoms with Crippen molar-refractivity contribution in [3.63, 3.8) is 0 Å². The molecule has 8 heteroatoms. The van der Waals surface area contributed by atoms with E-state index in [1.165, 1.54) is 0 Å². The number of hydrogen-bond donors (Lipinski definition) is 0. The Balaban J connectivity index is 1.50. The van der Waals surface area contributed by atoms with Crippen LogP contribution < -0.4 is 14.2 Å². The van der Waals surface area contributed by atoms with Crippen molar-refractivity contribution in [2.45, 2.75) is 25.3 Å². The first-order valence-electron chi connectivity index (χ1n) is 9.97. The molecule has 1 atom stereocenters. The van der Waals surface area contributed by atoms with Crippen molar-refractivity contribution in [1.29, 1.82) is 0 Å². The van der Waals surface area contributed by atoms with Crippen molar-refractivity contribution in [3.05, 3.63) is 48.1 Å². The third-order valence-corrected chi connectivity index (χ3v) is 5.38. The number of rotatable bonds is 7. The molecule has 30 heavy (non-hydrogen) atoms. The molecule has 1 fully saturated rings. The molecular weight excluding hydrogens is 384 g/mol. The molecule has 1 saturated heterocycles. The van der Waals surface area contributed by atoms with E-state index in [2.05, 4.69) is 20.1 Å². The van der Waals surface area contributed by atoms with Gasteiger partial charge in [-0.3, -0.25) is 9.88 Å². The van der Waals surface area contributed by atoms with E-state index < -0.39 is 0 Å². The van der Waals surface area contributed by atoms with Gasteiger partial charge >= 0.3 is 0 Å². The number of ether oxygens (including phenoxy) is 3. The van der Waals surface area contributed by atoms with Gasteiger partial charge in [0.05, 0.1) is 32.8 Å². The topological polar surface area (TPSA) is 82.7 Å². The average Bonchev–Trinajstić information content (AvgIpc) is 3.30. The normalized spacial score (nSPS) is 17.0. The Bertz CT molecular complexity index is 977. The Labute approximate surface area is 175 Å². The third kappa shape index (κ3) is 4.09. The molecule has 1 aromatic carbocycles. The Morgan fingerprint density at radius 2 is 1.93 bits per heavy atom. The first kappa shape index (κ1) is 20.2. The highest BCUT2D eigenvalue weighted by molar-refractivity contribution is 5.55. The molecule has 3 aromatic rings. The quantitative estimate of drug-likeness (QED) is 0.585. The zero-order valence-electron chi connectivity index (χ0n) is 17.5. The number of likely N-dealkylation sites (tertiary alicyclic amines) is 1. The summed E-state index contributed by atoms with van der Waals surface area (Å²) in [6.45, 7) is 2.58. The average molecular weight is 410 g/mol. The van der Waals surface area contributed by atoms with E-state index in [0.29, 0.717) is 29.0 Å². The summed E-state index contributed by atoms with van der Waals surface area (Å²) in [6, 6.07) is 7.71. The lowest BCUT2D eigenvalue weighted by atomic mass is 9.97. The predicted molar refractivity (Wildman–Crippen MR) is 111 cm³/mol. The van der Waals surface area contributed by atoms with Gasteiger partial charge < -0.3 is 18.6 Å². The third-order valence-electron chi connectivity index (χ3n) is 5.38. The van der Waals surface area contributed by atoms with Gasteiger partial charge in [0, 0.05) is 31.0 Å². The minimum atomic E-state index is 0.197. The van der Waals surface area contributed by atoms with E-state index in [0.717, 1.165) is 43.6 Å². The Morgan fingerprint density at radius 3 is 2.67 bits per heavy atom. The SMILES string of the molecule is COc1ccc(CN2CCCC(c3nnc(-c4cccnc4)o3)C2)c(OC)c1OC. The molecule has 0 amide bonds. The summed E-state index contributed by atoms with van der Waals surface area (Å²) in [6.07, 6.45) is 5.54. The molecule has 0 saturated carbocycles. The highest BCUT2D eigenvalue weighted by Crippen LogP contribution is 2.40. The first-order chi connectivity index (χ1) is 14.7. The van der Waals surface area contributed by atoms with Crippen LogP contribution in [0.3, 0.4) is 0 Å². The highest BCUT2D eigenvalue weighted by atomic mass is 16.5. The summed E-state index contributed by atoms with van der Waals surface area (Å²) >= 11 is 0. The molecular formula is C22H26N4O4. The van der Waals surface area contributed by atoms with Gasteiger partial charge in [0.2, 0.25) is 17.5 Å². The Morgan fingerprint density at radius 1 is 1.07 bits per heavy atom. The van der Waals surface area contributed by atoms with E-state index in [4.69, 9.17) is 18.6 Å². The summed E-state index contributed by atoms with van der Waals surface area (Å²) < 4.78 is 22.5. The first-order valence-corrected chi connectivity index (χ1v) is 9.97. The summed E-state index contributed by atoms with van der Waals surface area (Å²) in [5.74, 6) is 3.36. The van der Waals surface area contributed by atoms with E-state index in [1.807, 2.05) is 24.3 Å². The van der Waals surface area contributed by atoms with E-state index in [-0.39, 0.29) is 5.92 Å². The Kier molecular flexibility index (Phi) is 6.13. The fraction of sp³-hybridized carbons (Fsp3) is 0.409.